The highest BCUT2D eigenvalue weighted by atomic mass is 32.2. The Morgan fingerprint density at radius 1 is 1.00 bits per heavy atom. The third-order valence-electron chi connectivity index (χ3n) is 3.79. The molecule has 152 valence electrons. The fourth-order valence-corrected chi connectivity index (χ4v) is 4.49. The van der Waals surface area contributed by atoms with Crippen molar-refractivity contribution in [2.75, 3.05) is 24.2 Å². The second kappa shape index (κ2) is 8.17. The minimum atomic E-state index is -4.05. The number of hydrogen-bond acceptors (Lipinski definition) is 6. The van der Waals surface area contributed by atoms with E-state index >= 15 is 0 Å². The van der Waals surface area contributed by atoms with Crippen LogP contribution in [0.4, 0.5) is 11.4 Å². The molecule has 0 atom stereocenters. The van der Waals surface area contributed by atoms with Crippen LogP contribution in [0.2, 0.25) is 0 Å². The summed E-state index contributed by atoms with van der Waals surface area (Å²) in [5.74, 6) is -0.0897. The second-order valence-electron chi connectivity index (χ2n) is 5.84. The van der Waals surface area contributed by atoms with Crippen LogP contribution in [0.1, 0.15) is 12.5 Å². The van der Waals surface area contributed by atoms with Crippen LogP contribution in [0, 0.1) is 6.92 Å². The van der Waals surface area contributed by atoms with Crippen LogP contribution < -0.4 is 19.5 Å². The Kier molecular flexibility index (Phi) is 6.32. The first kappa shape index (κ1) is 21.7. The maximum absolute atomic E-state index is 12.7. The van der Waals surface area contributed by atoms with Crippen LogP contribution in [0.3, 0.4) is 0 Å². The van der Waals surface area contributed by atoms with Crippen molar-refractivity contribution in [1.82, 2.24) is 4.72 Å². The van der Waals surface area contributed by atoms with Crippen molar-refractivity contribution in [2.45, 2.75) is 23.6 Å². The molecule has 2 aromatic rings. The van der Waals surface area contributed by atoms with Gasteiger partial charge in [-0.3, -0.25) is 9.52 Å². The molecule has 3 N–H and O–H groups in total. The van der Waals surface area contributed by atoms with Gasteiger partial charge in [0.2, 0.25) is 15.9 Å². The van der Waals surface area contributed by atoms with E-state index in [1.165, 1.54) is 57.5 Å². The van der Waals surface area contributed by atoms with E-state index in [9.17, 15) is 21.6 Å². The zero-order chi connectivity index (χ0) is 21.1. The first-order valence-electron chi connectivity index (χ1n) is 8.03. The van der Waals surface area contributed by atoms with Crippen LogP contribution in [0.25, 0.3) is 0 Å². The summed E-state index contributed by atoms with van der Waals surface area (Å²) in [5, 5.41) is 2.50. The van der Waals surface area contributed by atoms with E-state index in [1.54, 1.807) is 6.92 Å². The summed E-state index contributed by atoms with van der Waals surface area (Å²) in [5.41, 5.74) is 0.742. The molecule has 0 aliphatic carbocycles. The van der Waals surface area contributed by atoms with Gasteiger partial charge in [-0.2, -0.15) is 0 Å². The smallest absolute Gasteiger partial charge is 0.261 e. The number of amides is 1. The summed E-state index contributed by atoms with van der Waals surface area (Å²) >= 11 is 0. The summed E-state index contributed by atoms with van der Waals surface area (Å²) in [6.07, 6.45) is 0. The molecule has 1 amide bonds. The Bertz CT molecular complexity index is 1110. The molecule has 0 unspecified atom stereocenters. The molecular weight excluding hydrogens is 406 g/mol. The maximum Gasteiger partial charge on any atom is 0.261 e. The third-order valence-corrected chi connectivity index (χ3v) is 6.73. The lowest BCUT2D eigenvalue weighted by Gasteiger charge is -2.14. The lowest BCUT2D eigenvalue weighted by atomic mass is 10.2. The van der Waals surface area contributed by atoms with Gasteiger partial charge in [-0.15, -0.1) is 0 Å². The van der Waals surface area contributed by atoms with Gasteiger partial charge >= 0.3 is 0 Å². The molecule has 0 aliphatic heterocycles. The molecule has 0 aromatic heterocycles. The van der Waals surface area contributed by atoms with E-state index in [1.807, 2.05) is 0 Å². The summed E-state index contributed by atoms with van der Waals surface area (Å²) in [4.78, 5) is 11.2. The Morgan fingerprint density at radius 2 is 1.68 bits per heavy atom. The first-order valence-corrected chi connectivity index (χ1v) is 11.0. The van der Waals surface area contributed by atoms with Crippen LogP contribution in [0.5, 0.6) is 5.75 Å². The van der Waals surface area contributed by atoms with E-state index in [2.05, 4.69) is 14.8 Å². The first-order chi connectivity index (χ1) is 13.0. The number of methoxy groups -OCH3 is 1. The molecule has 0 spiro atoms. The van der Waals surface area contributed by atoms with E-state index in [4.69, 9.17) is 4.74 Å². The molecule has 0 radical (unpaired) electrons. The lowest BCUT2D eigenvalue weighted by Crippen LogP contribution is -2.20. The minimum absolute atomic E-state index is 0.0381. The largest absolute Gasteiger partial charge is 0.495 e. The SMILES string of the molecule is CNS(=O)(=O)c1cc(NS(=O)(=O)c2ccc(OC)c(NC(C)=O)c2)ccc1C. The maximum atomic E-state index is 12.7. The number of benzene rings is 2. The minimum Gasteiger partial charge on any atom is -0.495 e. The number of sulfonamides is 2. The Morgan fingerprint density at radius 3 is 2.25 bits per heavy atom. The molecule has 2 aromatic carbocycles. The quantitative estimate of drug-likeness (QED) is 0.616. The number of ether oxygens (including phenoxy) is 1. The summed E-state index contributed by atoms with van der Waals surface area (Å²) < 4.78 is 59.3. The van der Waals surface area contributed by atoms with E-state index in [0.29, 0.717) is 11.3 Å². The van der Waals surface area contributed by atoms with Crippen LogP contribution in [0.15, 0.2) is 46.2 Å². The van der Waals surface area contributed by atoms with E-state index < -0.39 is 20.0 Å². The number of carbonyl (C=O) groups excluding carboxylic acids is 1. The highest BCUT2D eigenvalue weighted by Gasteiger charge is 2.20. The summed E-state index contributed by atoms with van der Waals surface area (Å²) in [6.45, 7) is 2.89. The zero-order valence-electron chi connectivity index (χ0n) is 15.7. The molecule has 28 heavy (non-hydrogen) atoms. The molecule has 0 fully saturated rings. The lowest BCUT2D eigenvalue weighted by molar-refractivity contribution is -0.114. The Balaban J connectivity index is 2.44. The molecule has 0 saturated carbocycles. The molecule has 0 bridgehead atoms. The molecule has 2 rings (SSSR count). The number of anilines is 2. The van der Waals surface area contributed by atoms with Gasteiger partial charge in [-0.05, 0) is 49.9 Å². The second-order valence-corrected chi connectivity index (χ2v) is 9.37. The average molecular weight is 428 g/mol. The molecule has 0 aliphatic rings. The number of carbonyl (C=O) groups is 1. The van der Waals surface area contributed by atoms with Crippen LogP contribution in [-0.2, 0) is 24.8 Å². The van der Waals surface area contributed by atoms with Gasteiger partial charge in [0, 0.05) is 6.92 Å². The van der Waals surface area contributed by atoms with Crippen molar-refractivity contribution < 1.29 is 26.4 Å². The van der Waals surface area contributed by atoms with E-state index in [0.717, 1.165) is 0 Å². The Hall–Kier alpha value is -2.63. The number of hydrogen-bond donors (Lipinski definition) is 3. The summed E-state index contributed by atoms with van der Waals surface area (Å²) in [7, 11) is -5.14. The van der Waals surface area contributed by atoms with Crippen LogP contribution >= 0.6 is 0 Å². The highest BCUT2D eigenvalue weighted by Crippen LogP contribution is 2.29. The van der Waals surface area contributed by atoms with E-state index in [-0.39, 0.29) is 27.1 Å². The van der Waals surface area contributed by atoms with Crippen molar-refractivity contribution in [3.05, 3.63) is 42.0 Å². The van der Waals surface area contributed by atoms with Crippen molar-refractivity contribution in [3.63, 3.8) is 0 Å². The van der Waals surface area contributed by atoms with Crippen molar-refractivity contribution in [3.8, 4) is 5.75 Å². The number of aryl methyl sites for hydroxylation is 1. The molecule has 0 saturated heterocycles. The molecule has 11 heteroatoms. The Labute approximate surface area is 164 Å². The van der Waals surface area contributed by atoms with Gasteiger partial charge in [-0.1, -0.05) is 6.07 Å². The molecule has 0 heterocycles. The predicted octanol–water partition coefficient (Wildman–Crippen LogP) is 1.67. The summed E-state index contributed by atoms with van der Waals surface area (Å²) in [6, 6.07) is 8.16. The standard InChI is InChI=1S/C17H21N3O6S2/c1-11-5-6-13(9-17(11)28(24,25)18-3)20-27(22,23)14-7-8-16(26-4)15(10-14)19-12(2)21/h5-10,18,20H,1-4H3,(H,19,21). The number of rotatable bonds is 7. The normalized spacial score (nSPS) is 11.7. The predicted molar refractivity (Wildman–Crippen MR) is 106 cm³/mol. The zero-order valence-corrected chi connectivity index (χ0v) is 17.4. The van der Waals surface area contributed by atoms with Gasteiger partial charge in [0.15, 0.2) is 0 Å². The average Bonchev–Trinajstić information content (AvgIpc) is 2.62. The van der Waals surface area contributed by atoms with Gasteiger partial charge < -0.3 is 10.1 Å². The monoisotopic (exact) mass is 427 g/mol. The highest BCUT2D eigenvalue weighted by molar-refractivity contribution is 7.92. The van der Waals surface area contributed by atoms with Gasteiger partial charge in [0.05, 0.1) is 28.3 Å². The van der Waals surface area contributed by atoms with Crippen molar-refractivity contribution >= 4 is 37.3 Å². The van der Waals surface area contributed by atoms with Crippen molar-refractivity contribution in [1.29, 1.82) is 0 Å². The van der Waals surface area contributed by atoms with Crippen molar-refractivity contribution in [2.24, 2.45) is 0 Å². The van der Waals surface area contributed by atoms with Crippen LogP contribution in [-0.4, -0.2) is 36.9 Å². The molecular formula is C17H21N3O6S2. The third kappa shape index (κ3) is 4.80. The van der Waals surface area contributed by atoms with Gasteiger partial charge in [0.25, 0.3) is 10.0 Å². The molecule has 9 nitrogen and oxygen atoms in total. The fraction of sp³-hybridized carbons (Fsp3) is 0.235. The topological polar surface area (TPSA) is 131 Å². The van der Waals surface area contributed by atoms with Gasteiger partial charge in [0.1, 0.15) is 5.75 Å². The number of nitrogens with one attached hydrogen (secondary N) is 3. The van der Waals surface area contributed by atoms with Gasteiger partial charge in [-0.25, -0.2) is 21.6 Å². The fourth-order valence-electron chi connectivity index (χ4n) is 2.42.